The van der Waals surface area contributed by atoms with Crippen molar-refractivity contribution >= 4 is 28.1 Å². The normalized spacial score (nSPS) is 13.0. The highest BCUT2D eigenvalue weighted by Crippen LogP contribution is 2.30. The van der Waals surface area contributed by atoms with Crippen LogP contribution in [0, 0.1) is 31.6 Å². The molecule has 4 rings (SSSR count). The molecule has 0 unspecified atom stereocenters. The lowest BCUT2D eigenvalue weighted by Crippen LogP contribution is -2.31. The van der Waals surface area contributed by atoms with Crippen LogP contribution in [-0.2, 0) is 13.0 Å². The quantitative estimate of drug-likeness (QED) is 0.506. The molecular weight excluding hydrogens is 362 g/mol. The molecule has 9 nitrogen and oxygen atoms in total. The summed E-state index contributed by atoms with van der Waals surface area (Å²) < 4.78 is 0. The van der Waals surface area contributed by atoms with Crippen molar-refractivity contribution in [3.8, 4) is 6.07 Å². The van der Waals surface area contributed by atoms with Crippen LogP contribution in [0.4, 0.5) is 17.2 Å². The average molecular weight is 375 g/mol. The van der Waals surface area contributed by atoms with E-state index in [1.54, 1.807) is 18.2 Å². The van der Waals surface area contributed by atoms with Crippen LogP contribution in [0.1, 0.15) is 16.7 Å². The van der Waals surface area contributed by atoms with Crippen molar-refractivity contribution in [1.29, 1.82) is 5.26 Å². The second kappa shape index (κ2) is 6.59. The summed E-state index contributed by atoms with van der Waals surface area (Å²) in [6.45, 7) is 1.09. The van der Waals surface area contributed by atoms with E-state index >= 15 is 0 Å². The number of nitro groups is 2. The zero-order chi connectivity index (χ0) is 19.8. The van der Waals surface area contributed by atoms with Crippen LogP contribution in [0.2, 0.25) is 0 Å². The van der Waals surface area contributed by atoms with Gasteiger partial charge in [0.1, 0.15) is 5.82 Å². The molecule has 0 spiro atoms. The third kappa shape index (κ3) is 2.97. The van der Waals surface area contributed by atoms with Gasteiger partial charge in [-0.1, -0.05) is 6.07 Å². The molecule has 0 N–H and O–H groups in total. The highest BCUT2D eigenvalue weighted by molar-refractivity contribution is 5.88. The summed E-state index contributed by atoms with van der Waals surface area (Å²) in [7, 11) is 0. The molecular formula is C19H13N5O4. The van der Waals surface area contributed by atoms with E-state index in [1.807, 2.05) is 4.90 Å². The summed E-state index contributed by atoms with van der Waals surface area (Å²) in [5, 5.41) is 32.0. The number of hydrogen-bond acceptors (Lipinski definition) is 7. The lowest BCUT2D eigenvalue weighted by atomic mass is 9.99. The molecule has 0 bridgehead atoms. The van der Waals surface area contributed by atoms with Crippen molar-refractivity contribution in [2.24, 2.45) is 0 Å². The number of fused-ring (bicyclic) bond motifs is 2. The van der Waals surface area contributed by atoms with E-state index < -0.39 is 9.85 Å². The van der Waals surface area contributed by atoms with E-state index in [4.69, 9.17) is 0 Å². The first-order chi connectivity index (χ1) is 13.5. The molecule has 1 aromatic heterocycles. The van der Waals surface area contributed by atoms with Crippen LogP contribution in [0.15, 0.2) is 42.5 Å². The van der Waals surface area contributed by atoms with Gasteiger partial charge >= 0.3 is 0 Å². The number of nitriles is 1. The minimum atomic E-state index is -0.511. The maximum Gasteiger partial charge on any atom is 0.270 e. The van der Waals surface area contributed by atoms with Crippen molar-refractivity contribution in [2.75, 3.05) is 11.4 Å². The van der Waals surface area contributed by atoms with E-state index in [1.165, 1.54) is 24.3 Å². The summed E-state index contributed by atoms with van der Waals surface area (Å²) in [5.74, 6) is 0.565. The molecule has 0 saturated carbocycles. The highest BCUT2D eigenvalue weighted by atomic mass is 16.6. The van der Waals surface area contributed by atoms with Crippen LogP contribution in [0.5, 0.6) is 0 Å². The molecule has 0 radical (unpaired) electrons. The van der Waals surface area contributed by atoms with Crippen molar-refractivity contribution in [3.05, 3.63) is 79.4 Å². The van der Waals surface area contributed by atoms with Crippen LogP contribution in [-0.4, -0.2) is 21.4 Å². The molecule has 9 heteroatoms. The largest absolute Gasteiger partial charge is 0.352 e. The Bertz CT molecular complexity index is 1180. The zero-order valence-electron chi connectivity index (χ0n) is 14.5. The van der Waals surface area contributed by atoms with Gasteiger partial charge in [0.15, 0.2) is 0 Å². The number of benzene rings is 2. The second-order valence-electron chi connectivity index (χ2n) is 6.48. The SMILES string of the molecule is N#Cc1cc(N2CCc3ccc([N+](=O)[O-])cc3C2)nc2ccc([N+](=O)[O-])cc12. The summed E-state index contributed by atoms with van der Waals surface area (Å²) in [6.07, 6.45) is 0.704. The van der Waals surface area contributed by atoms with E-state index in [9.17, 15) is 25.5 Å². The summed E-state index contributed by atoms with van der Waals surface area (Å²) in [5.41, 5.74) is 2.64. The number of nitrogens with zero attached hydrogens (tertiary/aromatic N) is 5. The van der Waals surface area contributed by atoms with Gasteiger partial charge in [-0.25, -0.2) is 4.98 Å². The predicted octanol–water partition coefficient (Wildman–Crippen LogP) is 3.49. The Morgan fingerprint density at radius 2 is 1.71 bits per heavy atom. The molecule has 28 heavy (non-hydrogen) atoms. The first kappa shape index (κ1) is 17.4. The number of pyridine rings is 1. The smallest absolute Gasteiger partial charge is 0.270 e. The minimum absolute atomic E-state index is 0.0390. The monoisotopic (exact) mass is 375 g/mol. The Kier molecular flexibility index (Phi) is 4.08. The number of hydrogen-bond donors (Lipinski definition) is 0. The topological polar surface area (TPSA) is 126 Å². The summed E-state index contributed by atoms with van der Waals surface area (Å²) in [6, 6.07) is 12.8. The van der Waals surface area contributed by atoms with Gasteiger partial charge in [0, 0.05) is 42.7 Å². The molecule has 0 atom stereocenters. The van der Waals surface area contributed by atoms with Crippen LogP contribution >= 0.6 is 0 Å². The van der Waals surface area contributed by atoms with Gasteiger partial charge in [0.2, 0.25) is 0 Å². The van der Waals surface area contributed by atoms with Gasteiger partial charge in [0.25, 0.3) is 11.4 Å². The van der Waals surface area contributed by atoms with Crippen LogP contribution in [0.3, 0.4) is 0 Å². The van der Waals surface area contributed by atoms with Crippen molar-refractivity contribution in [2.45, 2.75) is 13.0 Å². The number of rotatable bonds is 3. The molecule has 0 saturated heterocycles. The van der Waals surface area contributed by atoms with Crippen molar-refractivity contribution in [1.82, 2.24) is 4.98 Å². The molecule has 2 heterocycles. The fourth-order valence-corrected chi connectivity index (χ4v) is 3.42. The lowest BCUT2D eigenvalue weighted by molar-refractivity contribution is -0.385. The molecule has 3 aromatic rings. The number of aromatic nitrogens is 1. The molecule has 0 fully saturated rings. The first-order valence-corrected chi connectivity index (χ1v) is 8.46. The van der Waals surface area contributed by atoms with Crippen LogP contribution < -0.4 is 4.90 Å². The summed E-state index contributed by atoms with van der Waals surface area (Å²) >= 11 is 0. The Hall–Kier alpha value is -4.06. The molecule has 138 valence electrons. The van der Waals surface area contributed by atoms with Gasteiger partial charge in [-0.3, -0.25) is 20.2 Å². The maximum absolute atomic E-state index is 11.0. The van der Waals surface area contributed by atoms with Crippen molar-refractivity contribution in [3.63, 3.8) is 0 Å². The first-order valence-electron chi connectivity index (χ1n) is 8.46. The highest BCUT2D eigenvalue weighted by Gasteiger charge is 2.21. The van der Waals surface area contributed by atoms with Crippen LogP contribution in [0.25, 0.3) is 10.9 Å². The van der Waals surface area contributed by atoms with E-state index in [2.05, 4.69) is 11.1 Å². The van der Waals surface area contributed by atoms with E-state index in [-0.39, 0.29) is 11.4 Å². The number of anilines is 1. The standard InChI is InChI=1S/C19H13N5O4/c20-10-13-8-19(21-18-4-3-16(24(27)28)9-17(13)18)22-6-5-12-1-2-15(23(25)26)7-14(12)11-22/h1-4,7-9H,5-6,11H2. The van der Waals surface area contributed by atoms with Gasteiger partial charge in [-0.05, 0) is 29.7 Å². The number of non-ortho nitro benzene ring substituents is 2. The number of nitro benzene ring substituents is 2. The Morgan fingerprint density at radius 1 is 1.00 bits per heavy atom. The zero-order valence-corrected chi connectivity index (χ0v) is 14.5. The third-order valence-electron chi connectivity index (χ3n) is 4.85. The molecule has 2 aromatic carbocycles. The van der Waals surface area contributed by atoms with E-state index in [0.29, 0.717) is 41.8 Å². The lowest BCUT2D eigenvalue weighted by Gasteiger charge is -2.30. The predicted molar refractivity (Wildman–Crippen MR) is 101 cm³/mol. The average Bonchev–Trinajstić information content (AvgIpc) is 2.71. The van der Waals surface area contributed by atoms with Gasteiger partial charge in [0.05, 0.1) is 27.0 Å². The Morgan fingerprint density at radius 3 is 2.43 bits per heavy atom. The molecule has 0 amide bonds. The maximum atomic E-state index is 11.0. The molecule has 1 aliphatic heterocycles. The Labute approximate surface area is 158 Å². The fourth-order valence-electron chi connectivity index (χ4n) is 3.42. The summed E-state index contributed by atoms with van der Waals surface area (Å²) in [4.78, 5) is 27.6. The molecule has 1 aliphatic rings. The Balaban J connectivity index is 1.75. The van der Waals surface area contributed by atoms with Gasteiger partial charge < -0.3 is 4.90 Å². The minimum Gasteiger partial charge on any atom is -0.352 e. The van der Waals surface area contributed by atoms with Gasteiger partial charge in [-0.15, -0.1) is 0 Å². The van der Waals surface area contributed by atoms with Crippen molar-refractivity contribution < 1.29 is 9.85 Å². The van der Waals surface area contributed by atoms with Gasteiger partial charge in [-0.2, -0.15) is 5.26 Å². The fraction of sp³-hybridized carbons (Fsp3) is 0.158. The third-order valence-corrected chi connectivity index (χ3v) is 4.85. The molecule has 0 aliphatic carbocycles. The van der Waals surface area contributed by atoms with E-state index in [0.717, 1.165) is 11.1 Å². The second-order valence-corrected chi connectivity index (χ2v) is 6.48.